The van der Waals surface area contributed by atoms with Gasteiger partial charge in [0.1, 0.15) is 17.6 Å². The molecule has 47 heavy (non-hydrogen) atoms. The number of carbonyl (C=O) groups is 2. The van der Waals surface area contributed by atoms with Crippen LogP contribution in [0.4, 0.5) is 14.6 Å². The number of aromatic nitrogens is 5. The number of sulfone groups is 1. The summed E-state index contributed by atoms with van der Waals surface area (Å²) in [4.78, 5) is 36.6. The molecule has 0 saturated carbocycles. The first-order valence-electron chi connectivity index (χ1n) is 14.5. The summed E-state index contributed by atoms with van der Waals surface area (Å²) in [6, 6.07) is 10.6. The molecule has 0 radical (unpaired) electrons. The SMILES string of the molecule is CCS(=O)(=O)c1ccc(C(CC(=O)O)NC(=O)c2ccc(N3C[C@@H](Oc4ccc(-n5nccn5)cn4)C[C@H]3COC(F)F)nc2)cc1. The molecule has 1 saturated heterocycles. The number of amides is 1. The third kappa shape index (κ3) is 8.42. The van der Waals surface area contributed by atoms with Crippen molar-refractivity contribution in [1.29, 1.82) is 0 Å². The van der Waals surface area contributed by atoms with Crippen LogP contribution in [0.2, 0.25) is 0 Å². The third-order valence-corrected chi connectivity index (χ3v) is 9.21. The predicted octanol–water partition coefficient (Wildman–Crippen LogP) is 3.06. The standard InChI is InChI=1S/C30H31F2N7O7S/c1-2-47(43,44)24-7-3-19(4-8-24)25(14-28(40)41)37-29(42)20-5-9-26(33-15-20)38-17-23(13-22(38)18-45-30(31)32)46-27-10-6-21(16-34-27)39-35-11-12-36-39/h3-12,15-16,22-23,25,30H,2,13-14,17-18H2,1H3,(H,37,42)(H,40,41)/t22-,23-,25?/m0/s1. The van der Waals surface area contributed by atoms with Gasteiger partial charge in [-0.1, -0.05) is 19.1 Å². The highest BCUT2D eigenvalue weighted by Crippen LogP contribution is 2.28. The van der Waals surface area contributed by atoms with Crippen LogP contribution in [-0.2, 0) is 19.4 Å². The molecule has 3 aromatic heterocycles. The first kappa shape index (κ1) is 33.3. The maximum Gasteiger partial charge on any atom is 0.345 e. The molecule has 248 valence electrons. The van der Waals surface area contributed by atoms with Gasteiger partial charge in [0.25, 0.3) is 5.91 Å². The Bertz CT molecular complexity index is 1760. The minimum atomic E-state index is -3.46. The molecule has 1 unspecified atom stereocenters. The second-order valence-corrected chi connectivity index (χ2v) is 12.8. The summed E-state index contributed by atoms with van der Waals surface area (Å²) in [5.74, 6) is -1.16. The van der Waals surface area contributed by atoms with E-state index in [1.54, 1.807) is 23.1 Å². The molecule has 1 aliphatic rings. The van der Waals surface area contributed by atoms with E-state index in [1.807, 2.05) is 0 Å². The van der Waals surface area contributed by atoms with Crippen LogP contribution in [0.1, 0.15) is 41.7 Å². The summed E-state index contributed by atoms with van der Waals surface area (Å²) < 4.78 is 60.8. The molecule has 14 nitrogen and oxygen atoms in total. The molecule has 1 amide bonds. The van der Waals surface area contributed by atoms with Gasteiger partial charge in [0.2, 0.25) is 5.88 Å². The number of ether oxygens (including phenoxy) is 2. The number of benzene rings is 1. The number of hydrogen-bond acceptors (Lipinski definition) is 11. The summed E-state index contributed by atoms with van der Waals surface area (Å²) in [6.07, 6.45) is 5.34. The van der Waals surface area contributed by atoms with Crippen molar-refractivity contribution in [3.63, 3.8) is 0 Å². The minimum Gasteiger partial charge on any atom is -0.481 e. The van der Waals surface area contributed by atoms with Crippen molar-refractivity contribution in [3.8, 4) is 11.6 Å². The van der Waals surface area contributed by atoms with Gasteiger partial charge in [-0.15, -0.1) is 0 Å². The number of carboxylic acid groups (broad SMARTS) is 1. The Morgan fingerprint density at radius 3 is 2.38 bits per heavy atom. The van der Waals surface area contributed by atoms with E-state index in [9.17, 15) is 31.9 Å². The molecule has 1 fully saturated rings. The Balaban J connectivity index is 1.27. The van der Waals surface area contributed by atoms with E-state index < -0.39 is 52.9 Å². The van der Waals surface area contributed by atoms with Crippen LogP contribution < -0.4 is 15.0 Å². The second kappa shape index (κ2) is 14.6. The first-order chi connectivity index (χ1) is 22.5. The predicted molar refractivity (Wildman–Crippen MR) is 162 cm³/mol. The molecule has 1 aromatic carbocycles. The van der Waals surface area contributed by atoms with Crippen LogP contribution in [0.25, 0.3) is 5.69 Å². The van der Waals surface area contributed by atoms with Crippen LogP contribution in [-0.4, -0.2) is 88.0 Å². The average molecular weight is 672 g/mol. The topological polar surface area (TPSA) is 179 Å². The molecule has 1 aliphatic heterocycles. The summed E-state index contributed by atoms with van der Waals surface area (Å²) in [7, 11) is -3.46. The Hall–Kier alpha value is -5.03. The highest BCUT2D eigenvalue weighted by atomic mass is 32.2. The quantitative estimate of drug-likeness (QED) is 0.201. The number of carboxylic acids is 1. The van der Waals surface area contributed by atoms with Gasteiger partial charge in [-0.2, -0.15) is 23.8 Å². The van der Waals surface area contributed by atoms with E-state index in [0.717, 1.165) is 0 Å². The molecule has 2 N–H and O–H groups in total. The van der Waals surface area contributed by atoms with Crippen LogP contribution in [0.3, 0.4) is 0 Å². The van der Waals surface area contributed by atoms with E-state index in [2.05, 4.69) is 30.2 Å². The van der Waals surface area contributed by atoms with Gasteiger partial charge in [0.15, 0.2) is 9.84 Å². The molecule has 0 spiro atoms. The Kier molecular flexibility index (Phi) is 10.4. The minimum absolute atomic E-state index is 0.0906. The summed E-state index contributed by atoms with van der Waals surface area (Å²) in [5.41, 5.74) is 1.16. The number of carbonyl (C=O) groups excluding carboxylic acids is 1. The summed E-state index contributed by atoms with van der Waals surface area (Å²) >= 11 is 0. The lowest BCUT2D eigenvalue weighted by Gasteiger charge is -2.25. The average Bonchev–Trinajstić information content (AvgIpc) is 3.74. The first-order valence-corrected chi connectivity index (χ1v) is 16.1. The van der Waals surface area contributed by atoms with Crippen molar-refractivity contribution in [2.24, 2.45) is 0 Å². The van der Waals surface area contributed by atoms with Gasteiger partial charge in [0.05, 0.1) is 66.5 Å². The van der Waals surface area contributed by atoms with E-state index in [0.29, 0.717) is 29.4 Å². The van der Waals surface area contributed by atoms with Crippen molar-refractivity contribution in [1.82, 2.24) is 30.3 Å². The second-order valence-electron chi connectivity index (χ2n) is 10.6. The summed E-state index contributed by atoms with van der Waals surface area (Å²) in [6.45, 7) is -1.48. The summed E-state index contributed by atoms with van der Waals surface area (Å²) in [5, 5.41) is 20.2. The highest BCUT2D eigenvalue weighted by molar-refractivity contribution is 7.91. The molecule has 0 bridgehead atoms. The third-order valence-electron chi connectivity index (χ3n) is 7.46. The lowest BCUT2D eigenvalue weighted by molar-refractivity contribution is -0.137. The number of alkyl halides is 2. The van der Waals surface area contributed by atoms with E-state index in [1.165, 1.54) is 66.8 Å². The van der Waals surface area contributed by atoms with Crippen LogP contribution >= 0.6 is 0 Å². The lowest BCUT2D eigenvalue weighted by Crippen LogP contribution is -2.35. The van der Waals surface area contributed by atoms with Gasteiger partial charge in [-0.25, -0.2) is 18.4 Å². The fourth-order valence-electron chi connectivity index (χ4n) is 5.09. The monoisotopic (exact) mass is 671 g/mol. The Morgan fingerprint density at radius 1 is 1.04 bits per heavy atom. The van der Waals surface area contributed by atoms with Gasteiger partial charge < -0.3 is 24.8 Å². The van der Waals surface area contributed by atoms with Crippen molar-refractivity contribution < 1.29 is 41.4 Å². The zero-order valence-electron chi connectivity index (χ0n) is 25.0. The molecule has 17 heteroatoms. The van der Waals surface area contributed by atoms with E-state index >= 15 is 0 Å². The van der Waals surface area contributed by atoms with Crippen LogP contribution in [0, 0.1) is 0 Å². The molecular formula is C30H31F2N7O7S. The van der Waals surface area contributed by atoms with Gasteiger partial charge in [0, 0.05) is 18.7 Å². The number of nitrogens with zero attached hydrogens (tertiary/aromatic N) is 6. The molecule has 4 aromatic rings. The van der Waals surface area contributed by atoms with Gasteiger partial charge in [-0.3, -0.25) is 9.59 Å². The van der Waals surface area contributed by atoms with Crippen LogP contribution in [0.15, 0.2) is 78.2 Å². The molecule has 5 rings (SSSR count). The number of anilines is 1. The molecular weight excluding hydrogens is 640 g/mol. The maximum absolute atomic E-state index is 13.1. The zero-order valence-corrected chi connectivity index (χ0v) is 25.8. The molecule has 4 heterocycles. The zero-order chi connectivity index (χ0) is 33.6. The van der Waals surface area contributed by atoms with Crippen molar-refractivity contribution in [2.75, 3.05) is 23.8 Å². The number of rotatable bonds is 14. The number of hydrogen-bond donors (Lipinski definition) is 2. The fraction of sp³-hybridized carbons (Fsp3) is 0.333. The van der Waals surface area contributed by atoms with Gasteiger partial charge >= 0.3 is 12.6 Å². The smallest absolute Gasteiger partial charge is 0.345 e. The van der Waals surface area contributed by atoms with Crippen LogP contribution in [0.5, 0.6) is 5.88 Å². The van der Waals surface area contributed by atoms with E-state index in [4.69, 9.17) is 4.74 Å². The number of pyridine rings is 2. The molecule has 0 aliphatic carbocycles. The normalized spacial score (nSPS) is 17.1. The van der Waals surface area contributed by atoms with Crippen molar-refractivity contribution in [3.05, 3.63) is 84.4 Å². The van der Waals surface area contributed by atoms with E-state index in [-0.39, 0.29) is 29.4 Å². The number of halogens is 2. The van der Waals surface area contributed by atoms with Gasteiger partial charge in [-0.05, 0) is 35.9 Å². The highest BCUT2D eigenvalue weighted by Gasteiger charge is 2.35. The molecule has 3 atom stereocenters. The maximum atomic E-state index is 13.1. The Morgan fingerprint density at radius 2 is 1.79 bits per heavy atom. The Labute approximate surface area is 268 Å². The largest absolute Gasteiger partial charge is 0.481 e. The number of aliphatic carboxylic acids is 1. The lowest BCUT2D eigenvalue weighted by atomic mass is 10.0. The van der Waals surface area contributed by atoms with Crippen molar-refractivity contribution in [2.45, 2.75) is 49.5 Å². The number of nitrogens with one attached hydrogen (secondary N) is 1. The fourth-order valence-corrected chi connectivity index (χ4v) is 5.98. The van der Waals surface area contributed by atoms with Crippen molar-refractivity contribution >= 4 is 27.5 Å².